The molecule has 0 radical (unpaired) electrons. The predicted molar refractivity (Wildman–Crippen MR) is 71.8 cm³/mol. The van der Waals surface area contributed by atoms with Crippen LogP contribution in [0.1, 0.15) is 32.3 Å². The molecule has 0 aromatic carbocycles. The fourth-order valence-electron chi connectivity index (χ4n) is 1.63. The van der Waals surface area contributed by atoms with Crippen molar-refractivity contribution in [2.45, 2.75) is 45.8 Å². The Morgan fingerprint density at radius 3 is 2.94 bits per heavy atom. The minimum absolute atomic E-state index is 0.615. The van der Waals surface area contributed by atoms with Crippen LogP contribution in [0, 0.1) is 0 Å². The van der Waals surface area contributed by atoms with Gasteiger partial charge in [0.1, 0.15) is 0 Å². The average molecular weight is 241 g/mol. The van der Waals surface area contributed by atoms with Crippen molar-refractivity contribution >= 4 is 11.8 Å². The van der Waals surface area contributed by atoms with E-state index in [1.54, 1.807) is 0 Å². The molecule has 0 aliphatic carbocycles. The molecule has 92 valence electrons. The second-order valence-electron chi connectivity index (χ2n) is 4.05. The van der Waals surface area contributed by atoms with Crippen LogP contribution in [-0.2, 0) is 13.1 Å². The van der Waals surface area contributed by atoms with Gasteiger partial charge in [-0.05, 0) is 19.1 Å². The quantitative estimate of drug-likeness (QED) is 0.758. The van der Waals surface area contributed by atoms with E-state index in [9.17, 15) is 0 Å². The third kappa shape index (κ3) is 4.58. The van der Waals surface area contributed by atoms with E-state index in [4.69, 9.17) is 0 Å². The first-order valence-corrected chi connectivity index (χ1v) is 7.43. The van der Waals surface area contributed by atoms with Crippen molar-refractivity contribution in [2.75, 3.05) is 12.0 Å². The third-order valence-corrected chi connectivity index (χ3v) is 3.33. The highest BCUT2D eigenvalue weighted by atomic mass is 32.2. The summed E-state index contributed by atoms with van der Waals surface area (Å²) in [5.41, 5.74) is 1.29. The third-order valence-electron chi connectivity index (χ3n) is 2.59. The van der Waals surface area contributed by atoms with Crippen molar-refractivity contribution < 1.29 is 0 Å². The maximum atomic E-state index is 4.33. The zero-order valence-electron chi connectivity index (χ0n) is 10.6. The van der Waals surface area contributed by atoms with E-state index < -0.39 is 0 Å². The number of nitrogens with zero attached hydrogens (tertiary/aromatic N) is 2. The summed E-state index contributed by atoms with van der Waals surface area (Å²) in [7, 11) is 0. The molecular weight excluding hydrogens is 218 g/mol. The predicted octanol–water partition coefficient (Wildman–Crippen LogP) is 2.52. The summed E-state index contributed by atoms with van der Waals surface area (Å²) in [6.45, 7) is 6.35. The van der Waals surface area contributed by atoms with E-state index in [1.165, 1.54) is 17.7 Å². The van der Waals surface area contributed by atoms with E-state index in [0.717, 1.165) is 19.5 Å². The van der Waals surface area contributed by atoms with Gasteiger partial charge < -0.3 is 5.32 Å². The van der Waals surface area contributed by atoms with Gasteiger partial charge >= 0.3 is 0 Å². The minimum Gasteiger partial charge on any atom is -0.309 e. The van der Waals surface area contributed by atoms with Gasteiger partial charge in [0.25, 0.3) is 0 Å². The van der Waals surface area contributed by atoms with Gasteiger partial charge in [0, 0.05) is 36.6 Å². The largest absolute Gasteiger partial charge is 0.309 e. The molecular formula is C12H23N3S. The Hall–Kier alpha value is -0.480. The van der Waals surface area contributed by atoms with Gasteiger partial charge in [-0.15, -0.1) is 0 Å². The van der Waals surface area contributed by atoms with Gasteiger partial charge in [-0.3, -0.25) is 4.68 Å². The summed E-state index contributed by atoms with van der Waals surface area (Å²) in [6.07, 6.45) is 8.59. The van der Waals surface area contributed by atoms with Crippen molar-refractivity contribution in [3.63, 3.8) is 0 Å². The summed E-state index contributed by atoms with van der Waals surface area (Å²) in [6, 6.07) is 0.615. The topological polar surface area (TPSA) is 29.9 Å². The molecule has 4 heteroatoms. The van der Waals surface area contributed by atoms with Crippen LogP contribution in [0.2, 0.25) is 0 Å². The lowest BCUT2D eigenvalue weighted by Crippen LogP contribution is -2.29. The van der Waals surface area contributed by atoms with Crippen LogP contribution in [0.25, 0.3) is 0 Å². The number of hydrogen-bond acceptors (Lipinski definition) is 3. The standard InChI is InChI=1S/C12H23N3S/c1-4-6-15-9-11(8-14-15)7-13-12(5-2)10-16-3/h8-9,12-13H,4-7,10H2,1-3H3. The fraction of sp³-hybridized carbons (Fsp3) is 0.750. The highest BCUT2D eigenvalue weighted by molar-refractivity contribution is 7.98. The first kappa shape index (κ1) is 13.6. The Kier molecular flexibility index (Phi) is 6.57. The highest BCUT2D eigenvalue weighted by Crippen LogP contribution is 2.04. The van der Waals surface area contributed by atoms with Gasteiger partial charge in [-0.2, -0.15) is 16.9 Å². The van der Waals surface area contributed by atoms with Crippen LogP contribution in [0.3, 0.4) is 0 Å². The zero-order chi connectivity index (χ0) is 11.8. The van der Waals surface area contributed by atoms with Gasteiger partial charge in [0.05, 0.1) is 6.20 Å². The second-order valence-corrected chi connectivity index (χ2v) is 4.96. The van der Waals surface area contributed by atoms with Crippen LogP contribution in [0.4, 0.5) is 0 Å². The molecule has 3 nitrogen and oxygen atoms in total. The van der Waals surface area contributed by atoms with E-state index in [-0.39, 0.29) is 0 Å². The number of rotatable bonds is 8. The molecule has 0 saturated heterocycles. The molecule has 1 aromatic rings. The lowest BCUT2D eigenvalue weighted by Gasteiger charge is -2.14. The zero-order valence-corrected chi connectivity index (χ0v) is 11.4. The molecule has 0 saturated carbocycles. The van der Waals surface area contributed by atoms with Crippen molar-refractivity contribution in [1.82, 2.24) is 15.1 Å². The van der Waals surface area contributed by atoms with Crippen LogP contribution in [-0.4, -0.2) is 27.8 Å². The first-order chi connectivity index (χ1) is 7.80. The molecule has 0 fully saturated rings. The Bertz CT molecular complexity index is 286. The molecule has 0 aliphatic rings. The van der Waals surface area contributed by atoms with Crippen LogP contribution < -0.4 is 5.32 Å². The summed E-state index contributed by atoms with van der Waals surface area (Å²) in [5.74, 6) is 1.18. The van der Waals surface area contributed by atoms with E-state index >= 15 is 0 Å². The number of nitrogens with one attached hydrogen (secondary N) is 1. The lowest BCUT2D eigenvalue weighted by molar-refractivity contribution is 0.540. The summed E-state index contributed by atoms with van der Waals surface area (Å²) in [4.78, 5) is 0. The normalized spacial score (nSPS) is 12.9. The van der Waals surface area contributed by atoms with Crippen molar-refractivity contribution in [3.8, 4) is 0 Å². The lowest BCUT2D eigenvalue weighted by atomic mass is 10.2. The Labute approximate surface area is 103 Å². The number of aryl methyl sites for hydroxylation is 1. The number of thioether (sulfide) groups is 1. The monoisotopic (exact) mass is 241 g/mol. The molecule has 0 spiro atoms. The second kappa shape index (κ2) is 7.74. The molecule has 1 rings (SSSR count). The Balaban J connectivity index is 2.34. The summed E-state index contributed by atoms with van der Waals surface area (Å²) in [5, 5.41) is 7.90. The van der Waals surface area contributed by atoms with Crippen LogP contribution in [0.5, 0.6) is 0 Å². The number of aromatic nitrogens is 2. The fourth-order valence-corrected chi connectivity index (χ4v) is 2.39. The van der Waals surface area contributed by atoms with E-state index in [1.807, 2.05) is 22.6 Å². The number of hydrogen-bond donors (Lipinski definition) is 1. The molecule has 0 amide bonds. The Morgan fingerprint density at radius 2 is 2.31 bits per heavy atom. The molecule has 0 bridgehead atoms. The summed E-state index contributed by atoms with van der Waals surface area (Å²) < 4.78 is 2.02. The van der Waals surface area contributed by atoms with Crippen molar-refractivity contribution in [1.29, 1.82) is 0 Å². The highest BCUT2D eigenvalue weighted by Gasteiger charge is 2.05. The molecule has 1 heterocycles. The molecule has 0 aliphatic heterocycles. The first-order valence-electron chi connectivity index (χ1n) is 6.03. The van der Waals surface area contributed by atoms with Gasteiger partial charge in [0.15, 0.2) is 0 Å². The molecule has 1 N–H and O–H groups in total. The van der Waals surface area contributed by atoms with Crippen LogP contribution in [0.15, 0.2) is 12.4 Å². The van der Waals surface area contributed by atoms with Crippen molar-refractivity contribution in [2.24, 2.45) is 0 Å². The smallest absolute Gasteiger partial charge is 0.0534 e. The molecule has 16 heavy (non-hydrogen) atoms. The summed E-state index contributed by atoms with van der Waals surface area (Å²) >= 11 is 1.90. The maximum Gasteiger partial charge on any atom is 0.0534 e. The van der Waals surface area contributed by atoms with Gasteiger partial charge in [-0.1, -0.05) is 13.8 Å². The average Bonchev–Trinajstić information content (AvgIpc) is 2.72. The van der Waals surface area contributed by atoms with Crippen molar-refractivity contribution in [3.05, 3.63) is 18.0 Å². The minimum atomic E-state index is 0.615. The van der Waals surface area contributed by atoms with Gasteiger partial charge in [-0.25, -0.2) is 0 Å². The van der Waals surface area contributed by atoms with E-state index in [0.29, 0.717) is 6.04 Å². The van der Waals surface area contributed by atoms with Crippen LogP contribution >= 0.6 is 11.8 Å². The molecule has 1 unspecified atom stereocenters. The Morgan fingerprint density at radius 1 is 1.50 bits per heavy atom. The SMILES string of the molecule is CCCn1cc(CNC(CC)CSC)cn1. The molecule has 1 aromatic heterocycles. The maximum absolute atomic E-state index is 4.33. The van der Waals surface area contributed by atoms with Gasteiger partial charge in [0.2, 0.25) is 0 Å². The molecule has 1 atom stereocenters. The van der Waals surface area contributed by atoms with E-state index in [2.05, 4.69) is 36.7 Å².